The van der Waals surface area contributed by atoms with E-state index in [1.807, 2.05) is 7.05 Å². The van der Waals surface area contributed by atoms with Crippen molar-refractivity contribution in [2.75, 3.05) is 7.05 Å². The van der Waals surface area contributed by atoms with Gasteiger partial charge in [0.1, 0.15) is 0 Å². The van der Waals surface area contributed by atoms with Crippen LogP contribution in [0.2, 0.25) is 0 Å². The number of quaternary nitrogens is 1. The number of nitrogens with zero attached hydrogens (tertiary/aromatic N) is 1. The lowest BCUT2D eigenvalue weighted by molar-refractivity contribution is -0.899. The van der Waals surface area contributed by atoms with Crippen LogP contribution in [0.15, 0.2) is 65.8 Å². The molecule has 2 aromatic rings. The average molecular weight is 482 g/mol. The largest absolute Gasteiger partial charge is 0.633 e. The normalized spacial score (nSPS) is 42.7. The van der Waals surface area contributed by atoms with Crippen LogP contribution in [0.25, 0.3) is 10.8 Å². The van der Waals surface area contributed by atoms with Crippen LogP contribution in [0.4, 0.5) is 0 Å². The molecular weight excluding hydrogens is 442 g/mol. The SMILES string of the molecule is C[C@]12CC=C3C=C4CC[C@@H]([N+](C)([O-])C5CC5)C[C@]45CCC3(O5)[C@@H]1CC[C@@H]2c1ccc2ccccc2c1. The second-order valence-corrected chi connectivity index (χ2v) is 13.5. The molecule has 3 nitrogen and oxygen atoms in total. The summed E-state index contributed by atoms with van der Waals surface area (Å²) in [5, 5.41) is 16.3. The Kier molecular flexibility index (Phi) is 4.37. The Labute approximate surface area is 215 Å². The van der Waals surface area contributed by atoms with Crippen molar-refractivity contribution < 1.29 is 9.38 Å². The van der Waals surface area contributed by atoms with Crippen molar-refractivity contribution >= 4 is 10.8 Å². The standard InChI is InChI=1S/C33H39NO2/c1-31-16-15-26-20-25-9-10-28(34(2,35)27-11-12-27)21-32(25)17-18-33(26,36-32)30(31)14-13-29(31)24-8-7-22-5-3-4-6-23(22)19-24/h3-8,15,19-20,27-30H,9-14,16-18,21H2,1-2H3/t28-,29-,30-,31-,32-,33?,34?/m1/s1. The van der Waals surface area contributed by atoms with Crippen molar-refractivity contribution in [2.45, 2.75) is 100 Å². The predicted octanol–water partition coefficient (Wildman–Crippen LogP) is 7.56. The molecule has 2 spiro atoms. The van der Waals surface area contributed by atoms with E-state index >= 15 is 0 Å². The smallest absolute Gasteiger partial charge is 0.0975 e. The molecule has 0 radical (unpaired) electrons. The van der Waals surface area contributed by atoms with Gasteiger partial charge in [0.15, 0.2) is 0 Å². The molecule has 0 aromatic heterocycles. The summed E-state index contributed by atoms with van der Waals surface area (Å²) < 4.78 is 7.43. The van der Waals surface area contributed by atoms with Gasteiger partial charge >= 0.3 is 0 Å². The minimum absolute atomic E-state index is 0.0285. The molecule has 3 heteroatoms. The number of rotatable bonds is 3. The molecule has 4 fully saturated rings. The van der Waals surface area contributed by atoms with Gasteiger partial charge in [0.25, 0.3) is 0 Å². The number of hydrogen-bond acceptors (Lipinski definition) is 2. The van der Waals surface area contributed by atoms with Crippen molar-refractivity contribution in [3.63, 3.8) is 0 Å². The monoisotopic (exact) mass is 481 g/mol. The lowest BCUT2D eigenvalue weighted by Gasteiger charge is -2.56. The molecule has 3 saturated carbocycles. The number of hydroxylamine groups is 3. The Morgan fingerprint density at radius 3 is 2.61 bits per heavy atom. The second kappa shape index (κ2) is 7.12. The number of allylic oxidation sites excluding steroid dienone is 1. The van der Waals surface area contributed by atoms with E-state index in [1.165, 1.54) is 40.3 Å². The summed E-state index contributed by atoms with van der Waals surface area (Å²) in [5.41, 5.74) is 4.38. The Hall–Kier alpha value is -1.94. The first-order valence-corrected chi connectivity index (χ1v) is 14.5. The zero-order chi connectivity index (χ0) is 24.3. The van der Waals surface area contributed by atoms with Gasteiger partial charge in [-0.2, -0.15) is 0 Å². The summed E-state index contributed by atoms with van der Waals surface area (Å²) in [7, 11) is 1.95. The fourth-order valence-corrected chi connectivity index (χ4v) is 9.68. The molecule has 2 unspecified atom stereocenters. The first-order chi connectivity index (χ1) is 17.3. The highest BCUT2D eigenvalue weighted by atomic mass is 16.6. The molecule has 0 N–H and O–H groups in total. The molecule has 6 aliphatic rings. The first-order valence-electron chi connectivity index (χ1n) is 14.5. The number of benzene rings is 2. The molecule has 36 heavy (non-hydrogen) atoms. The first kappa shape index (κ1) is 22.1. The van der Waals surface area contributed by atoms with E-state index in [0.717, 1.165) is 51.4 Å². The van der Waals surface area contributed by atoms with E-state index < -0.39 is 0 Å². The van der Waals surface area contributed by atoms with E-state index in [2.05, 4.69) is 61.5 Å². The molecule has 188 valence electrons. The molecule has 2 aliphatic heterocycles. The summed E-state index contributed by atoms with van der Waals surface area (Å²) in [4.78, 5) is 0. The van der Waals surface area contributed by atoms with Gasteiger partial charge in [-0.3, -0.25) is 0 Å². The summed E-state index contributed by atoms with van der Waals surface area (Å²) in [5.74, 6) is 1.12. The van der Waals surface area contributed by atoms with Crippen molar-refractivity contribution in [1.29, 1.82) is 0 Å². The Balaban J connectivity index is 1.15. The van der Waals surface area contributed by atoms with E-state index in [0.29, 0.717) is 17.9 Å². The van der Waals surface area contributed by atoms with Crippen LogP contribution in [0.5, 0.6) is 0 Å². The quantitative estimate of drug-likeness (QED) is 0.335. The van der Waals surface area contributed by atoms with Crippen molar-refractivity contribution in [3.8, 4) is 0 Å². The predicted molar refractivity (Wildman–Crippen MR) is 144 cm³/mol. The van der Waals surface area contributed by atoms with Crippen molar-refractivity contribution in [1.82, 2.24) is 0 Å². The fraction of sp³-hybridized carbons (Fsp3) is 0.576. The number of hydrogen-bond donors (Lipinski definition) is 0. The Bertz CT molecular complexity index is 1320. The maximum Gasteiger partial charge on any atom is 0.0975 e. The van der Waals surface area contributed by atoms with Gasteiger partial charge in [-0.05, 0) is 83.3 Å². The van der Waals surface area contributed by atoms with Crippen LogP contribution in [-0.2, 0) is 4.74 Å². The second-order valence-electron chi connectivity index (χ2n) is 13.5. The molecule has 4 aliphatic carbocycles. The van der Waals surface area contributed by atoms with Gasteiger partial charge in [0.05, 0.1) is 30.3 Å². The summed E-state index contributed by atoms with van der Waals surface area (Å²) in [6.07, 6.45) is 16.2. The lowest BCUT2D eigenvalue weighted by atomic mass is 9.58. The molecule has 2 bridgehead atoms. The summed E-state index contributed by atoms with van der Waals surface area (Å²) in [6, 6.07) is 16.5. The highest BCUT2D eigenvalue weighted by Crippen LogP contribution is 2.69. The van der Waals surface area contributed by atoms with E-state index in [9.17, 15) is 5.21 Å². The zero-order valence-corrected chi connectivity index (χ0v) is 21.8. The van der Waals surface area contributed by atoms with Gasteiger partial charge in [-0.1, -0.05) is 61.5 Å². The molecule has 0 amide bonds. The fourth-order valence-electron chi connectivity index (χ4n) is 9.68. The van der Waals surface area contributed by atoms with Crippen LogP contribution in [-0.4, -0.2) is 35.0 Å². The maximum absolute atomic E-state index is 13.6. The molecule has 8 rings (SSSR count). The molecular formula is C33H39NO2. The van der Waals surface area contributed by atoms with Gasteiger partial charge in [-0.25, -0.2) is 0 Å². The summed E-state index contributed by atoms with van der Waals surface area (Å²) >= 11 is 0. The highest BCUT2D eigenvalue weighted by molar-refractivity contribution is 5.83. The Morgan fingerprint density at radius 1 is 0.944 bits per heavy atom. The van der Waals surface area contributed by atoms with Gasteiger partial charge in [0.2, 0.25) is 0 Å². The van der Waals surface area contributed by atoms with Crippen LogP contribution in [0.1, 0.15) is 82.6 Å². The Morgan fingerprint density at radius 2 is 1.78 bits per heavy atom. The maximum atomic E-state index is 13.6. The molecule has 7 atom stereocenters. The van der Waals surface area contributed by atoms with Crippen LogP contribution < -0.4 is 0 Å². The van der Waals surface area contributed by atoms with E-state index in [1.54, 1.807) is 0 Å². The molecule has 2 aromatic carbocycles. The molecule has 1 saturated heterocycles. The topological polar surface area (TPSA) is 32.3 Å². The van der Waals surface area contributed by atoms with Crippen LogP contribution in [0.3, 0.4) is 0 Å². The summed E-state index contributed by atoms with van der Waals surface area (Å²) in [6.45, 7) is 2.56. The van der Waals surface area contributed by atoms with Gasteiger partial charge < -0.3 is 14.6 Å². The zero-order valence-electron chi connectivity index (χ0n) is 21.8. The van der Waals surface area contributed by atoms with Gasteiger partial charge in [-0.15, -0.1) is 0 Å². The van der Waals surface area contributed by atoms with Crippen molar-refractivity contribution in [2.24, 2.45) is 11.3 Å². The number of fused-ring (bicyclic) bond motifs is 2. The van der Waals surface area contributed by atoms with Crippen LogP contribution >= 0.6 is 0 Å². The third-order valence-corrected chi connectivity index (χ3v) is 11.8. The van der Waals surface area contributed by atoms with Gasteiger partial charge in [0, 0.05) is 25.7 Å². The third-order valence-electron chi connectivity index (χ3n) is 11.8. The van der Waals surface area contributed by atoms with E-state index in [-0.39, 0.29) is 27.3 Å². The highest BCUT2D eigenvalue weighted by Gasteiger charge is 2.67. The molecule has 2 heterocycles. The number of ether oxygens (including phenoxy) is 1. The lowest BCUT2D eigenvalue weighted by Crippen LogP contribution is -2.58. The van der Waals surface area contributed by atoms with Crippen LogP contribution in [0, 0.1) is 16.5 Å². The minimum atomic E-state index is -0.182. The van der Waals surface area contributed by atoms with Crippen molar-refractivity contribution in [3.05, 3.63) is 76.5 Å². The minimum Gasteiger partial charge on any atom is -0.633 e. The average Bonchev–Trinajstić information content (AvgIpc) is 3.63. The third kappa shape index (κ3) is 2.80. The van der Waals surface area contributed by atoms with E-state index in [4.69, 9.17) is 4.74 Å².